The van der Waals surface area contributed by atoms with Gasteiger partial charge in [-0.15, -0.1) is 0 Å². The van der Waals surface area contributed by atoms with Crippen LogP contribution >= 0.6 is 11.6 Å². The van der Waals surface area contributed by atoms with Crippen LogP contribution in [-0.4, -0.2) is 28.9 Å². The number of benzene rings is 2. The SMILES string of the molecule is Cc1ccc(NCC(=O)N/N=C/c2cc(O)c(O)c(Cl)c2)cc1. The number of nitrogens with zero attached hydrogens (tertiary/aromatic N) is 1. The molecule has 0 heterocycles. The lowest BCUT2D eigenvalue weighted by molar-refractivity contribution is -0.119. The Kier molecular flexibility index (Phi) is 5.43. The maximum atomic E-state index is 11.7. The first-order valence-corrected chi connectivity index (χ1v) is 7.17. The topological polar surface area (TPSA) is 94.0 Å². The fraction of sp³-hybridized carbons (Fsp3) is 0.125. The molecular weight excluding hydrogens is 318 g/mol. The molecule has 2 aromatic carbocycles. The molecule has 2 rings (SSSR count). The van der Waals surface area contributed by atoms with Crippen molar-refractivity contribution in [2.75, 3.05) is 11.9 Å². The van der Waals surface area contributed by atoms with E-state index in [4.69, 9.17) is 11.6 Å². The van der Waals surface area contributed by atoms with Crippen LogP contribution in [0.25, 0.3) is 0 Å². The van der Waals surface area contributed by atoms with Gasteiger partial charge in [0.2, 0.25) is 0 Å². The van der Waals surface area contributed by atoms with Crippen LogP contribution in [0.2, 0.25) is 5.02 Å². The monoisotopic (exact) mass is 333 g/mol. The quantitative estimate of drug-likeness (QED) is 0.384. The van der Waals surface area contributed by atoms with Gasteiger partial charge in [-0.25, -0.2) is 5.43 Å². The Hall–Kier alpha value is -2.73. The Morgan fingerprint density at radius 1 is 1.26 bits per heavy atom. The van der Waals surface area contributed by atoms with Crippen molar-refractivity contribution in [1.29, 1.82) is 0 Å². The van der Waals surface area contributed by atoms with Gasteiger partial charge in [-0.2, -0.15) is 5.10 Å². The van der Waals surface area contributed by atoms with Crippen LogP contribution in [0.4, 0.5) is 5.69 Å². The Bertz CT molecular complexity index is 707. The number of nitrogens with one attached hydrogen (secondary N) is 2. The van der Waals surface area contributed by atoms with E-state index in [0.717, 1.165) is 11.3 Å². The zero-order valence-electron chi connectivity index (χ0n) is 12.4. The van der Waals surface area contributed by atoms with E-state index in [2.05, 4.69) is 15.8 Å². The number of carbonyl (C=O) groups is 1. The molecule has 0 saturated heterocycles. The minimum Gasteiger partial charge on any atom is -0.504 e. The zero-order chi connectivity index (χ0) is 16.8. The second-order valence-electron chi connectivity index (χ2n) is 4.88. The van der Waals surface area contributed by atoms with E-state index in [9.17, 15) is 15.0 Å². The smallest absolute Gasteiger partial charge is 0.259 e. The van der Waals surface area contributed by atoms with Crippen LogP contribution in [0.1, 0.15) is 11.1 Å². The molecule has 1 amide bonds. The number of carbonyl (C=O) groups excluding carboxylic acids is 1. The first-order valence-electron chi connectivity index (χ1n) is 6.79. The number of halogens is 1. The fourth-order valence-corrected chi connectivity index (χ4v) is 1.97. The average molecular weight is 334 g/mol. The summed E-state index contributed by atoms with van der Waals surface area (Å²) in [6, 6.07) is 10.3. The molecule has 0 fully saturated rings. The predicted octanol–water partition coefficient (Wildman–Crippen LogP) is 2.62. The third-order valence-electron chi connectivity index (χ3n) is 2.97. The lowest BCUT2D eigenvalue weighted by Gasteiger charge is -2.05. The van der Waals surface area contributed by atoms with Crippen molar-refractivity contribution in [1.82, 2.24) is 5.43 Å². The number of hydrogen-bond acceptors (Lipinski definition) is 5. The van der Waals surface area contributed by atoms with Gasteiger partial charge in [0.15, 0.2) is 11.5 Å². The fourth-order valence-electron chi connectivity index (χ4n) is 1.75. The molecule has 0 spiro atoms. The van der Waals surface area contributed by atoms with Crippen molar-refractivity contribution >= 4 is 29.4 Å². The van der Waals surface area contributed by atoms with Crippen LogP contribution < -0.4 is 10.7 Å². The molecule has 0 atom stereocenters. The molecule has 2 aromatic rings. The van der Waals surface area contributed by atoms with Gasteiger partial charge in [0.1, 0.15) is 0 Å². The Morgan fingerprint density at radius 3 is 2.61 bits per heavy atom. The summed E-state index contributed by atoms with van der Waals surface area (Å²) in [4.78, 5) is 11.7. The molecule has 0 aliphatic carbocycles. The summed E-state index contributed by atoms with van der Waals surface area (Å²) < 4.78 is 0. The molecule has 0 radical (unpaired) electrons. The molecule has 0 bridgehead atoms. The van der Waals surface area contributed by atoms with E-state index < -0.39 is 5.75 Å². The number of anilines is 1. The first-order chi connectivity index (χ1) is 11.0. The van der Waals surface area contributed by atoms with Gasteiger partial charge in [-0.3, -0.25) is 4.79 Å². The van der Waals surface area contributed by atoms with Crippen molar-refractivity contribution in [2.24, 2.45) is 5.10 Å². The van der Waals surface area contributed by atoms with Crippen molar-refractivity contribution in [3.8, 4) is 11.5 Å². The summed E-state index contributed by atoms with van der Waals surface area (Å²) in [6.45, 7) is 2.06. The Morgan fingerprint density at radius 2 is 1.96 bits per heavy atom. The summed E-state index contributed by atoms with van der Waals surface area (Å²) in [5.74, 6) is -1.07. The molecule has 0 saturated carbocycles. The van der Waals surface area contributed by atoms with Gasteiger partial charge < -0.3 is 15.5 Å². The van der Waals surface area contributed by atoms with Crippen molar-refractivity contribution in [3.05, 3.63) is 52.5 Å². The van der Waals surface area contributed by atoms with Crippen molar-refractivity contribution < 1.29 is 15.0 Å². The molecule has 7 heteroatoms. The highest BCUT2D eigenvalue weighted by molar-refractivity contribution is 6.32. The molecule has 0 aromatic heterocycles. The minimum absolute atomic E-state index is 0.00110. The summed E-state index contributed by atoms with van der Waals surface area (Å²) in [5.41, 5.74) is 4.77. The second-order valence-corrected chi connectivity index (χ2v) is 5.29. The normalized spacial score (nSPS) is 10.7. The molecule has 0 aliphatic rings. The standard InChI is InChI=1S/C16H16ClN3O3/c1-10-2-4-12(5-3-10)18-9-15(22)20-19-8-11-6-13(17)16(23)14(21)7-11/h2-8,18,21,23H,9H2,1H3,(H,20,22)/b19-8+. The van der Waals surface area contributed by atoms with Gasteiger partial charge in [-0.05, 0) is 36.8 Å². The number of hydrogen-bond donors (Lipinski definition) is 4. The first kappa shape index (κ1) is 16.6. The van der Waals surface area contributed by atoms with Crippen LogP contribution in [0, 0.1) is 6.92 Å². The number of aromatic hydroxyl groups is 2. The summed E-state index contributed by atoms with van der Waals surface area (Å²) >= 11 is 5.72. The molecule has 0 unspecified atom stereocenters. The van der Waals surface area contributed by atoms with Crippen molar-refractivity contribution in [2.45, 2.75) is 6.92 Å². The number of phenolic OH excluding ortho intramolecular Hbond substituents is 2. The maximum absolute atomic E-state index is 11.7. The van der Waals surface area contributed by atoms with Gasteiger partial charge in [0.25, 0.3) is 5.91 Å². The number of aryl methyl sites for hydroxylation is 1. The van der Waals surface area contributed by atoms with E-state index in [-0.39, 0.29) is 23.2 Å². The number of amides is 1. The Labute approximate surface area is 138 Å². The molecule has 4 N–H and O–H groups in total. The molecule has 120 valence electrons. The van der Waals surface area contributed by atoms with Crippen LogP contribution in [0.3, 0.4) is 0 Å². The van der Waals surface area contributed by atoms with E-state index >= 15 is 0 Å². The van der Waals surface area contributed by atoms with Crippen LogP contribution in [0.15, 0.2) is 41.5 Å². The van der Waals surface area contributed by atoms with Gasteiger partial charge in [0, 0.05) is 5.69 Å². The Balaban J connectivity index is 1.85. The minimum atomic E-state index is -0.393. The highest BCUT2D eigenvalue weighted by atomic mass is 35.5. The highest BCUT2D eigenvalue weighted by Crippen LogP contribution is 2.33. The van der Waals surface area contributed by atoms with E-state index in [0.29, 0.717) is 5.56 Å². The largest absolute Gasteiger partial charge is 0.504 e. The third kappa shape index (κ3) is 4.89. The molecule has 6 nitrogen and oxygen atoms in total. The number of phenols is 2. The van der Waals surface area contributed by atoms with Crippen molar-refractivity contribution in [3.63, 3.8) is 0 Å². The third-order valence-corrected chi connectivity index (χ3v) is 3.26. The van der Waals surface area contributed by atoms with E-state index in [1.807, 2.05) is 31.2 Å². The second kappa shape index (κ2) is 7.51. The molecule has 23 heavy (non-hydrogen) atoms. The summed E-state index contributed by atoms with van der Waals surface area (Å²) in [6.07, 6.45) is 1.31. The van der Waals surface area contributed by atoms with Crippen LogP contribution in [-0.2, 0) is 4.79 Å². The lowest BCUT2D eigenvalue weighted by Crippen LogP contribution is -2.25. The maximum Gasteiger partial charge on any atom is 0.259 e. The van der Waals surface area contributed by atoms with E-state index in [1.165, 1.54) is 18.3 Å². The molecular formula is C16H16ClN3O3. The van der Waals surface area contributed by atoms with E-state index in [1.54, 1.807) is 0 Å². The predicted molar refractivity (Wildman–Crippen MR) is 90.2 cm³/mol. The zero-order valence-corrected chi connectivity index (χ0v) is 13.1. The van der Waals surface area contributed by atoms with Gasteiger partial charge >= 0.3 is 0 Å². The summed E-state index contributed by atoms with van der Waals surface area (Å²) in [5, 5.41) is 25.5. The lowest BCUT2D eigenvalue weighted by atomic mass is 10.2. The highest BCUT2D eigenvalue weighted by Gasteiger charge is 2.06. The number of hydrazone groups is 1. The number of rotatable bonds is 5. The summed E-state index contributed by atoms with van der Waals surface area (Å²) in [7, 11) is 0. The van der Waals surface area contributed by atoms with Gasteiger partial charge in [-0.1, -0.05) is 29.3 Å². The average Bonchev–Trinajstić information content (AvgIpc) is 2.52. The van der Waals surface area contributed by atoms with Crippen LogP contribution in [0.5, 0.6) is 11.5 Å². The molecule has 0 aliphatic heterocycles. The van der Waals surface area contributed by atoms with Gasteiger partial charge in [0.05, 0.1) is 17.8 Å².